The molecule has 1 saturated heterocycles. The lowest BCUT2D eigenvalue weighted by Gasteiger charge is -2.23. The smallest absolute Gasteiger partial charge is 0.311 e. The van der Waals surface area contributed by atoms with E-state index in [9.17, 15) is 22.7 Å². The standard InChI is InChI=1S/C18H18FNO4S/c19-16-14-6-2-1-4-12(14)7-8-15(16)25(23,24)20-10-13-5-3-9-18(13,11-20)17(21)22/h1-2,4,6-8,13H,3,5,9-11H2,(H,21,22)/t13-,18+/m0/s1. The minimum Gasteiger partial charge on any atom is -0.481 e. The maximum Gasteiger partial charge on any atom is 0.311 e. The van der Waals surface area contributed by atoms with Crippen LogP contribution in [0.25, 0.3) is 10.8 Å². The van der Waals surface area contributed by atoms with Crippen LogP contribution in [0.4, 0.5) is 4.39 Å². The molecule has 2 aromatic carbocycles. The van der Waals surface area contributed by atoms with Gasteiger partial charge in [-0.3, -0.25) is 4.79 Å². The normalized spacial score (nSPS) is 26.8. The van der Waals surface area contributed by atoms with Gasteiger partial charge in [-0.2, -0.15) is 4.31 Å². The number of carboxylic acids is 1. The molecule has 2 atom stereocenters. The highest BCUT2D eigenvalue weighted by molar-refractivity contribution is 7.89. The van der Waals surface area contributed by atoms with Gasteiger partial charge in [0.05, 0.1) is 5.41 Å². The van der Waals surface area contributed by atoms with Gasteiger partial charge in [0.25, 0.3) is 0 Å². The SMILES string of the molecule is O=C(O)[C@@]12CCC[C@H]1CN(S(=O)(=O)c1ccc3ccccc3c1F)C2. The molecule has 1 N–H and O–H groups in total. The molecule has 2 aliphatic rings. The summed E-state index contributed by atoms with van der Waals surface area (Å²) in [5.41, 5.74) is -1.03. The molecule has 132 valence electrons. The number of aliphatic carboxylic acids is 1. The summed E-state index contributed by atoms with van der Waals surface area (Å²) in [6, 6.07) is 9.52. The van der Waals surface area contributed by atoms with Crippen LogP contribution in [0.3, 0.4) is 0 Å². The van der Waals surface area contributed by atoms with Crippen molar-refractivity contribution >= 4 is 26.8 Å². The minimum atomic E-state index is -4.08. The van der Waals surface area contributed by atoms with Gasteiger partial charge >= 0.3 is 5.97 Å². The highest BCUT2D eigenvalue weighted by atomic mass is 32.2. The van der Waals surface area contributed by atoms with Crippen molar-refractivity contribution in [2.24, 2.45) is 11.3 Å². The molecule has 0 spiro atoms. The van der Waals surface area contributed by atoms with Gasteiger partial charge < -0.3 is 5.11 Å². The Bertz CT molecular complexity index is 974. The predicted octanol–water partition coefficient (Wildman–Crippen LogP) is 2.85. The molecule has 2 aromatic rings. The molecule has 1 aliphatic carbocycles. The van der Waals surface area contributed by atoms with Gasteiger partial charge in [-0.05, 0) is 30.2 Å². The largest absolute Gasteiger partial charge is 0.481 e. The van der Waals surface area contributed by atoms with Crippen LogP contribution in [-0.2, 0) is 14.8 Å². The van der Waals surface area contributed by atoms with Gasteiger partial charge in [-0.15, -0.1) is 0 Å². The molecule has 0 amide bonds. The van der Waals surface area contributed by atoms with Gasteiger partial charge in [0.1, 0.15) is 4.90 Å². The number of halogens is 1. The van der Waals surface area contributed by atoms with Crippen LogP contribution >= 0.6 is 0 Å². The van der Waals surface area contributed by atoms with Gasteiger partial charge in [0.2, 0.25) is 10.0 Å². The van der Waals surface area contributed by atoms with E-state index in [1.165, 1.54) is 6.07 Å². The van der Waals surface area contributed by atoms with Crippen molar-refractivity contribution in [2.45, 2.75) is 24.2 Å². The molecule has 0 aromatic heterocycles. The van der Waals surface area contributed by atoms with Crippen molar-refractivity contribution in [3.63, 3.8) is 0 Å². The first-order valence-corrected chi connectivity index (χ1v) is 9.71. The Morgan fingerprint density at radius 3 is 2.72 bits per heavy atom. The summed E-state index contributed by atoms with van der Waals surface area (Å²) >= 11 is 0. The summed E-state index contributed by atoms with van der Waals surface area (Å²) in [6.07, 6.45) is 1.95. The monoisotopic (exact) mass is 363 g/mol. The third-order valence-electron chi connectivity index (χ3n) is 5.71. The summed E-state index contributed by atoms with van der Waals surface area (Å²) in [7, 11) is -4.08. The van der Waals surface area contributed by atoms with Crippen LogP contribution in [0.5, 0.6) is 0 Å². The van der Waals surface area contributed by atoms with E-state index in [0.717, 1.165) is 10.7 Å². The van der Waals surface area contributed by atoms with Crippen molar-refractivity contribution in [1.82, 2.24) is 4.31 Å². The Kier molecular flexibility index (Phi) is 3.63. The van der Waals surface area contributed by atoms with E-state index >= 15 is 0 Å². The molecule has 1 saturated carbocycles. The van der Waals surface area contributed by atoms with Crippen LogP contribution in [0.1, 0.15) is 19.3 Å². The maximum atomic E-state index is 14.8. The zero-order chi connectivity index (χ0) is 17.8. The van der Waals surface area contributed by atoms with Crippen LogP contribution in [0.15, 0.2) is 41.3 Å². The molecule has 4 rings (SSSR count). The number of hydrogen-bond acceptors (Lipinski definition) is 3. The Balaban J connectivity index is 1.76. The highest BCUT2D eigenvalue weighted by Gasteiger charge is 2.57. The minimum absolute atomic E-state index is 0.0817. The van der Waals surface area contributed by atoms with Gasteiger partial charge in [-0.1, -0.05) is 36.8 Å². The van der Waals surface area contributed by atoms with Crippen molar-refractivity contribution in [1.29, 1.82) is 0 Å². The lowest BCUT2D eigenvalue weighted by Crippen LogP contribution is -2.37. The third-order valence-corrected chi connectivity index (χ3v) is 7.54. The molecule has 0 unspecified atom stereocenters. The molecule has 1 heterocycles. The Morgan fingerprint density at radius 1 is 1.24 bits per heavy atom. The molecule has 2 fully saturated rings. The first-order chi connectivity index (χ1) is 11.9. The van der Waals surface area contributed by atoms with Crippen LogP contribution in [0, 0.1) is 17.2 Å². The van der Waals surface area contributed by atoms with Gasteiger partial charge in [-0.25, -0.2) is 12.8 Å². The van der Waals surface area contributed by atoms with Gasteiger partial charge in [0.15, 0.2) is 5.82 Å². The van der Waals surface area contributed by atoms with Gasteiger partial charge in [0, 0.05) is 18.5 Å². The summed E-state index contributed by atoms with van der Waals surface area (Å²) in [6.45, 7) is 0.0580. The zero-order valence-electron chi connectivity index (χ0n) is 13.5. The fourth-order valence-corrected chi connectivity index (χ4v) is 5.96. The lowest BCUT2D eigenvalue weighted by atomic mass is 9.81. The lowest BCUT2D eigenvalue weighted by molar-refractivity contribution is -0.149. The first-order valence-electron chi connectivity index (χ1n) is 8.27. The highest BCUT2D eigenvalue weighted by Crippen LogP contribution is 2.50. The van der Waals surface area contributed by atoms with Crippen molar-refractivity contribution in [3.8, 4) is 0 Å². The molecule has 0 radical (unpaired) electrons. The van der Waals surface area contributed by atoms with Crippen molar-refractivity contribution in [3.05, 3.63) is 42.2 Å². The number of carbonyl (C=O) groups is 1. The van der Waals surface area contributed by atoms with E-state index in [-0.39, 0.29) is 29.3 Å². The van der Waals surface area contributed by atoms with E-state index < -0.39 is 27.2 Å². The van der Waals surface area contributed by atoms with E-state index in [0.29, 0.717) is 18.2 Å². The van der Waals surface area contributed by atoms with E-state index in [2.05, 4.69) is 0 Å². The molecule has 5 nitrogen and oxygen atoms in total. The Hall–Kier alpha value is -1.99. The fraction of sp³-hybridized carbons (Fsp3) is 0.389. The first kappa shape index (κ1) is 16.5. The molecule has 25 heavy (non-hydrogen) atoms. The average molecular weight is 363 g/mol. The average Bonchev–Trinajstić information content (AvgIpc) is 3.14. The molecule has 0 bridgehead atoms. The second-order valence-corrected chi connectivity index (χ2v) is 8.85. The summed E-state index contributed by atoms with van der Waals surface area (Å²) in [5, 5.41) is 10.5. The number of sulfonamides is 1. The number of rotatable bonds is 3. The number of hydrogen-bond donors (Lipinski definition) is 1. The Labute approximate surface area is 145 Å². The fourth-order valence-electron chi connectivity index (χ4n) is 4.33. The van der Waals surface area contributed by atoms with E-state index in [1.54, 1.807) is 30.3 Å². The van der Waals surface area contributed by atoms with Crippen LogP contribution in [-0.4, -0.2) is 36.9 Å². The van der Waals surface area contributed by atoms with Crippen LogP contribution < -0.4 is 0 Å². The third kappa shape index (κ3) is 2.29. The summed E-state index contributed by atoms with van der Waals surface area (Å²) in [5.74, 6) is -1.94. The summed E-state index contributed by atoms with van der Waals surface area (Å²) in [4.78, 5) is 11.4. The van der Waals surface area contributed by atoms with Crippen molar-refractivity contribution < 1.29 is 22.7 Å². The number of fused-ring (bicyclic) bond motifs is 2. The van der Waals surface area contributed by atoms with E-state index in [1.807, 2.05) is 0 Å². The second-order valence-electron chi connectivity index (χ2n) is 6.95. The molecular formula is C18H18FNO4S. The van der Waals surface area contributed by atoms with E-state index in [4.69, 9.17) is 0 Å². The quantitative estimate of drug-likeness (QED) is 0.910. The molecule has 7 heteroatoms. The molecule has 1 aliphatic heterocycles. The second kappa shape index (κ2) is 5.51. The number of benzene rings is 2. The molecular weight excluding hydrogens is 345 g/mol. The number of nitrogens with zero attached hydrogens (tertiary/aromatic N) is 1. The summed E-state index contributed by atoms with van der Waals surface area (Å²) < 4.78 is 42.0. The topological polar surface area (TPSA) is 74.7 Å². The van der Waals surface area contributed by atoms with Crippen LogP contribution in [0.2, 0.25) is 0 Å². The number of carboxylic acid groups (broad SMARTS) is 1. The predicted molar refractivity (Wildman–Crippen MR) is 90.1 cm³/mol. The van der Waals surface area contributed by atoms with Crippen molar-refractivity contribution in [2.75, 3.05) is 13.1 Å². The maximum absolute atomic E-state index is 14.8. The zero-order valence-corrected chi connectivity index (χ0v) is 14.3. The Morgan fingerprint density at radius 2 is 2.00 bits per heavy atom.